The van der Waals surface area contributed by atoms with Gasteiger partial charge in [-0.3, -0.25) is 9.59 Å². The van der Waals surface area contributed by atoms with E-state index in [4.69, 9.17) is 14.0 Å². The Morgan fingerprint density at radius 3 is 2.48 bits per heavy atom. The molecule has 2 aromatic heterocycles. The number of aryl methyl sites for hydroxylation is 3. The van der Waals surface area contributed by atoms with E-state index in [0.717, 1.165) is 11.3 Å². The van der Waals surface area contributed by atoms with Crippen molar-refractivity contribution in [3.05, 3.63) is 69.4 Å². The molecule has 1 N–H and O–H groups in total. The Bertz CT molecular complexity index is 1140. The Hall–Kier alpha value is -3.68. The van der Waals surface area contributed by atoms with Crippen LogP contribution < -0.4 is 4.74 Å². The van der Waals surface area contributed by atoms with Gasteiger partial charge in [-0.25, -0.2) is 4.79 Å². The van der Waals surface area contributed by atoms with Crippen LogP contribution in [0.2, 0.25) is 0 Å². The van der Waals surface area contributed by atoms with Crippen LogP contribution in [0.3, 0.4) is 0 Å². The summed E-state index contributed by atoms with van der Waals surface area (Å²) in [7, 11) is 0. The summed E-state index contributed by atoms with van der Waals surface area (Å²) in [4.78, 5) is 39.6. The summed E-state index contributed by atoms with van der Waals surface area (Å²) < 4.78 is 16.0. The molecule has 1 aromatic carbocycles. The van der Waals surface area contributed by atoms with E-state index in [1.165, 1.54) is 6.92 Å². The highest BCUT2D eigenvalue weighted by atomic mass is 16.5. The van der Waals surface area contributed by atoms with Crippen molar-refractivity contribution in [2.24, 2.45) is 0 Å². The fourth-order valence-electron chi connectivity index (χ4n) is 3.42. The summed E-state index contributed by atoms with van der Waals surface area (Å²) in [5, 5.41) is 3.88. The van der Waals surface area contributed by atoms with Crippen molar-refractivity contribution >= 4 is 17.5 Å². The zero-order chi connectivity index (χ0) is 22.7. The number of carbonyl (C=O) groups excluding carboxylic acids is 3. The quantitative estimate of drug-likeness (QED) is 0.429. The van der Waals surface area contributed by atoms with Crippen LogP contribution >= 0.6 is 0 Å². The number of nitrogens with one attached hydrogen (secondary N) is 1. The summed E-state index contributed by atoms with van der Waals surface area (Å²) in [6.45, 7) is 8.29. The molecule has 2 heterocycles. The second-order valence-electron chi connectivity index (χ2n) is 7.30. The zero-order valence-corrected chi connectivity index (χ0v) is 18.1. The van der Waals surface area contributed by atoms with E-state index in [0.29, 0.717) is 28.3 Å². The maximum Gasteiger partial charge on any atom is 0.338 e. The molecule has 3 aromatic rings. The molecule has 0 aliphatic heterocycles. The number of hydrogen-bond acceptors (Lipinski definition) is 7. The second-order valence-corrected chi connectivity index (χ2v) is 7.30. The van der Waals surface area contributed by atoms with Crippen molar-refractivity contribution in [3.63, 3.8) is 0 Å². The first kappa shape index (κ1) is 22.0. The lowest BCUT2D eigenvalue weighted by Gasteiger charge is -2.08. The number of ether oxygens (including phenoxy) is 2. The highest BCUT2D eigenvalue weighted by Crippen LogP contribution is 2.21. The Labute approximate surface area is 179 Å². The molecule has 0 aliphatic rings. The number of aromatic amines is 1. The second kappa shape index (κ2) is 8.99. The number of benzene rings is 1. The molecule has 8 heteroatoms. The van der Waals surface area contributed by atoms with E-state index >= 15 is 0 Å². The highest BCUT2D eigenvalue weighted by Gasteiger charge is 2.21. The van der Waals surface area contributed by atoms with E-state index < -0.39 is 18.4 Å². The molecular formula is C23H24N2O6. The molecule has 31 heavy (non-hydrogen) atoms. The van der Waals surface area contributed by atoms with Crippen molar-refractivity contribution < 1.29 is 28.4 Å². The van der Waals surface area contributed by atoms with Gasteiger partial charge in [-0.1, -0.05) is 11.2 Å². The number of esters is 1. The topological polar surface area (TPSA) is 111 Å². The molecular weight excluding hydrogens is 400 g/mol. The molecule has 0 unspecified atom stereocenters. The number of carbonyl (C=O) groups is 3. The number of hydrogen-bond donors (Lipinski definition) is 1. The number of H-pyrrole nitrogens is 1. The van der Waals surface area contributed by atoms with Crippen LogP contribution in [-0.2, 0) is 11.3 Å². The van der Waals surface area contributed by atoms with E-state index in [1.807, 2.05) is 6.92 Å². The molecule has 0 radical (unpaired) electrons. The predicted octanol–water partition coefficient (Wildman–Crippen LogP) is 4.06. The number of aromatic nitrogens is 2. The maximum absolute atomic E-state index is 12.5. The molecule has 0 atom stereocenters. The Kier molecular flexibility index (Phi) is 6.39. The minimum atomic E-state index is -0.649. The smallest absolute Gasteiger partial charge is 0.338 e. The highest BCUT2D eigenvalue weighted by molar-refractivity contribution is 6.04. The van der Waals surface area contributed by atoms with Crippen LogP contribution in [-0.4, -0.2) is 34.3 Å². The van der Waals surface area contributed by atoms with Crippen LogP contribution in [0.1, 0.15) is 66.4 Å². The average molecular weight is 424 g/mol. The number of Topliss-reactive ketones (excluding diaryl/α,β-unsaturated/α-hetero) is 2. The number of nitrogens with zero attached hydrogens (tertiary/aromatic N) is 1. The minimum Gasteiger partial charge on any atom is -0.489 e. The first-order valence-corrected chi connectivity index (χ1v) is 9.74. The lowest BCUT2D eigenvalue weighted by molar-refractivity contribution is 0.0473. The summed E-state index contributed by atoms with van der Waals surface area (Å²) in [6.07, 6.45) is 0. The first-order chi connectivity index (χ1) is 14.7. The Morgan fingerprint density at radius 2 is 1.87 bits per heavy atom. The molecule has 3 rings (SSSR count). The van der Waals surface area contributed by atoms with Gasteiger partial charge in [0.1, 0.15) is 18.1 Å². The zero-order valence-electron chi connectivity index (χ0n) is 18.1. The molecule has 0 fully saturated rings. The maximum atomic E-state index is 12.5. The lowest BCUT2D eigenvalue weighted by Crippen LogP contribution is -2.15. The van der Waals surface area contributed by atoms with Crippen molar-refractivity contribution in [2.75, 3.05) is 6.61 Å². The van der Waals surface area contributed by atoms with Crippen LogP contribution in [0, 0.1) is 27.7 Å². The number of ketones is 2. The van der Waals surface area contributed by atoms with Gasteiger partial charge in [-0.05, 0) is 58.4 Å². The monoisotopic (exact) mass is 424 g/mol. The van der Waals surface area contributed by atoms with Crippen molar-refractivity contribution in [2.45, 2.75) is 41.2 Å². The van der Waals surface area contributed by atoms with Crippen molar-refractivity contribution in [1.29, 1.82) is 0 Å². The standard InChI is InChI=1S/C23H24N2O6/c1-12-21(15(4)26)14(3)24-22(12)20(27)11-30-23(28)17-7-6-8-18(9-17)29-10-19-13(2)25-31-16(19)5/h6-9,24H,10-11H2,1-5H3. The van der Waals surface area contributed by atoms with Gasteiger partial charge in [-0.15, -0.1) is 0 Å². The number of rotatable bonds is 8. The Balaban J connectivity index is 1.63. The average Bonchev–Trinajstić information content (AvgIpc) is 3.22. The third-order valence-corrected chi connectivity index (χ3v) is 5.04. The molecule has 0 spiro atoms. The predicted molar refractivity (Wildman–Crippen MR) is 112 cm³/mol. The fraction of sp³-hybridized carbons (Fsp3) is 0.304. The molecule has 0 amide bonds. The molecule has 162 valence electrons. The third-order valence-electron chi connectivity index (χ3n) is 5.04. The van der Waals surface area contributed by atoms with Gasteiger partial charge in [0.2, 0.25) is 5.78 Å². The van der Waals surface area contributed by atoms with Crippen molar-refractivity contribution in [1.82, 2.24) is 10.1 Å². The summed E-state index contributed by atoms with van der Waals surface area (Å²) >= 11 is 0. The summed E-state index contributed by atoms with van der Waals surface area (Å²) in [5.74, 6) is -0.0381. The van der Waals surface area contributed by atoms with Crippen molar-refractivity contribution in [3.8, 4) is 5.75 Å². The molecule has 0 aliphatic carbocycles. The van der Waals surface area contributed by atoms with E-state index in [1.54, 1.807) is 45.0 Å². The third kappa shape index (κ3) is 4.74. The van der Waals surface area contributed by atoms with Gasteiger partial charge in [0.15, 0.2) is 12.4 Å². The van der Waals surface area contributed by atoms with Gasteiger partial charge in [0, 0.05) is 11.3 Å². The van der Waals surface area contributed by atoms with Crippen LogP contribution in [0.4, 0.5) is 0 Å². The largest absolute Gasteiger partial charge is 0.489 e. The van der Waals surface area contributed by atoms with E-state index in [9.17, 15) is 14.4 Å². The molecule has 0 saturated carbocycles. The Morgan fingerprint density at radius 1 is 1.13 bits per heavy atom. The molecule has 0 bridgehead atoms. The van der Waals surface area contributed by atoms with Gasteiger partial charge in [0.05, 0.1) is 22.5 Å². The van der Waals surface area contributed by atoms with Crippen LogP contribution in [0.25, 0.3) is 0 Å². The van der Waals surface area contributed by atoms with E-state index in [2.05, 4.69) is 10.1 Å². The van der Waals surface area contributed by atoms with E-state index in [-0.39, 0.29) is 23.6 Å². The first-order valence-electron chi connectivity index (χ1n) is 9.74. The normalized spacial score (nSPS) is 10.7. The van der Waals surface area contributed by atoms with Gasteiger partial charge in [-0.2, -0.15) is 0 Å². The van der Waals surface area contributed by atoms with Gasteiger partial charge < -0.3 is 19.0 Å². The van der Waals surface area contributed by atoms with Crippen LogP contribution in [0.15, 0.2) is 28.8 Å². The molecule has 8 nitrogen and oxygen atoms in total. The van der Waals surface area contributed by atoms with Gasteiger partial charge in [0.25, 0.3) is 0 Å². The minimum absolute atomic E-state index is 0.129. The summed E-state index contributed by atoms with van der Waals surface area (Å²) in [6, 6.07) is 6.50. The van der Waals surface area contributed by atoms with Gasteiger partial charge >= 0.3 is 5.97 Å². The summed E-state index contributed by atoms with van der Waals surface area (Å²) in [5.41, 5.74) is 3.77. The van der Waals surface area contributed by atoms with Crippen LogP contribution in [0.5, 0.6) is 5.75 Å². The SMILES string of the molecule is CC(=O)c1c(C)[nH]c(C(=O)COC(=O)c2cccc(OCc3c(C)noc3C)c2)c1C. The lowest BCUT2D eigenvalue weighted by atomic mass is 10.1. The molecule has 0 saturated heterocycles. The fourth-order valence-corrected chi connectivity index (χ4v) is 3.42.